The summed E-state index contributed by atoms with van der Waals surface area (Å²) in [5.41, 5.74) is 0.563. The maximum absolute atomic E-state index is 12.8. The normalized spacial score (nSPS) is 14.7. The number of ether oxygens (including phenoxy) is 1. The van der Waals surface area contributed by atoms with Crippen molar-refractivity contribution >= 4 is 43.9 Å². The topological polar surface area (TPSA) is 49.9 Å². The quantitative estimate of drug-likeness (QED) is 0.691. The van der Waals surface area contributed by atoms with Crippen LogP contribution in [0.25, 0.3) is 9.40 Å². The van der Waals surface area contributed by atoms with Crippen LogP contribution in [-0.4, -0.2) is 54.9 Å². The molecule has 0 unspecified atom stereocenters. The molecule has 1 saturated heterocycles. The third-order valence-electron chi connectivity index (χ3n) is 4.54. The number of nitrogens with zero attached hydrogens (tertiary/aromatic N) is 2. The summed E-state index contributed by atoms with van der Waals surface area (Å²) >= 11 is 3.19. The van der Waals surface area contributed by atoms with Crippen LogP contribution in [0.15, 0.2) is 41.8 Å². The number of benzene rings is 1. The lowest BCUT2D eigenvalue weighted by Crippen LogP contribution is -2.50. The summed E-state index contributed by atoms with van der Waals surface area (Å²) in [4.78, 5) is 29.9. The van der Waals surface area contributed by atoms with Gasteiger partial charge in [-0.15, -0.1) is 22.7 Å². The van der Waals surface area contributed by atoms with Gasteiger partial charge in [0.05, 0.1) is 17.6 Å². The van der Waals surface area contributed by atoms with Crippen LogP contribution in [0.3, 0.4) is 0 Å². The van der Waals surface area contributed by atoms with Crippen LogP contribution >= 0.6 is 22.7 Å². The van der Waals surface area contributed by atoms with Crippen LogP contribution in [0, 0.1) is 0 Å². The first-order chi connectivity index (χ1) is 12.7. The van der Waals surface area contributed by atoms with Gasteiger partial charge in [0.1, 0.15) is 5.75 Å². The first kappa shape index (κ1) is 17.1. The number of fused-ring (bicyclic) bond motifs is 1. The Labute approximate surface area is 159 Å². The Balaban J connectivity index is 1.42. The van der Waals surface area contributed by atoms with Crippen molar-refractivity contribution in [3.05, 3.63) is 52.2 Å². The van der Waals surface area contributed by atoms with E-state index in [9.17, 15) is 9.59 Å². The molecule has 0 aliphatic carbocycles. The Hall–Kier alpha value is -2.38. The number of hydrogen-bond acceptors (Lipinski definition) is 5. The molecule has 1 aromatic carbocycles. The van der Waals surface area contributed by atoms with E-state index in [0.29, 0.717) is 37.5 Å². The summed E-state index contributed by atoms with van der Waals surface area (Å²) in [6, 6.07) is 11.3. The molecule has 1 aliphatic rings. The first-order valence-electron chi connectivity index (χ1n) is 8.36. The summed E-state index contributed by atoms with van der Waals surface area (Å²) in [7, 11) is 1.56. The third kappa shape index (κ3) is 3.08. The van der Waals surface area contributed by atoms with Crippen LogP contribution in [0.4, 0.5) is 0 Å². The molecule has 26 heavy (non-hydrogen) atoms. The second-order valence-corrected chi connectivity index (χ2v) is 8.08. The van der Waals surface area contributed by atoms with Crippen molar-refractivity contribution in [1.82, 2.24) is 9.80 Å². The summed E-state index contributed by atoms with van der Waals surface area (Å²) in [5.74, 6) is 0.587. The van der Waals surface area contributed by atoms with E-state index in [4.69, 9.17) is 4.74 Å². The van der Waals surface area contributed by atoms with Gasteiger partial charge in [-0.05, 0) is 29.6 Å². The molecule has 2 amide bonds. The van der Waals surface area contributed by atoms with Crippen LogP contribution < -0.4 is 4.74 Å². The molecule has 0 N–H and O–H groups in total. The predicted molar refractivity (Wildman–Crippen MR) is 105 cm³/mol. The number of thiophene rings is 2. The maximum Gasteiger partial charge on any atom is 0.264 e. The number of para-hydroxylation sites is 1. The number of amides is 2. The average molecular weight is 386 g/mol. The fraction of sp³-hybridized carbons (Fsp3) is 0.263. The zero-order chi connectivity index (χ0) is 18.1. The molecule has 0 atom stereocenters. The van der Waals surface area contributed by atoms with Gasteiger partial charge in [0, 0.05) is 35.6 Å². The molecular formula is C19H18N2O3S2. The monoisotopic (exact) mass is 386 g/mol. The third-order valence-corrected chi connectivity index (χ3v) is 6.62. The second-order valence-electron chi connectivity index (χ2n) is 6.04. The van der Waals surface area contributed by atoms with E-state index in [2.05, 4.69) is 0 Å². The largest absolute Gasteiger partial charge is 0.496 e. The van der Waals surface area contributed by atoms with E-state index in [-0.39, 0.29) is 11.8 Å². The van der Waals surface area contributed by atoms with Gasteiger partial charge in [-0.1, -0.05) is 12.1 Å². The van der Waals surface area contributed by atoms with Gasteiger partial charge in [-0.2, -0.15) is 0 Å². The molecular weight excluding hydrogens is 368 g/mol. The fourth-order valence-corrected chi connectivity index (χ4v) is 5.21. The molecule has 1 fully saturated rings. The number of hydrogen-bond donors (Lipinski definition) is 0. The van der Waals surface area contributed by atoms with Crippen LogP contribution in [0.1, 0.15) is 20.0 Å². The van der Waals surface area contributed by atoms with E-state index in [1.54, 1.807) is 35.5 Å². The zero-order valence-corrected chi connectivity index (χ0v) is 15.9. The van der Waals surface area contributed by atoms with E-state index in [0.717, 1.165) is 14.3 Å². The van der Waals surface area contributed by atoms with Crippen molar-refractivity contribution in [2.75, 3.05) is 33.3 Å². The highest BCUT2D eigenvalue weighted by Crippen LogP contribution is 2.31. The van der Waals surface area contributed by atoms with Crippen molar-refractivity contribution in [2.24, 2.45) is 0 Å². The van der Waals surface area contributed by atoms with E-state index >= 15 is 0 Å². The molecule has 0 saturated carbocycles. The molecule has 134 valence electrons. The van der Waals surface area contributed by atoms with Gasteiger partial charge in [0.15, 0.2) is 0 Å². The van der Waals surface area contributed by atoms with Crippen molar-refractivity contribution < 1.29 is 14.3 Å². The average Bonchev–Trinajstić information content (AvgIpc) is 3.29. The lowest BCUT2D eigenvalue weighted by Gasteiger charge is -2.34. The molecule has 4 rings (SSSR count). The molecule has 3 heterocycles. The minimum absolute atomic E-state index is 0.0498. The Kier molecular flexibility index (Phi) is 4.65. The minimum Gasteiger partial charge on any atom is -0.496 e. The summed E-state index contributed by atoms with van der Waals surface area (Å²) in [6.45, 7) is 2.15. The highest BCUT2D eigenvalue weighted by molar-refractivity contribution is 7.27. The maximum atomic E-state index is 12.8. The number of carbonyl (C=O) groups is 2. The lowest BCUT2D eigenvalue weighted by molar-refractivity contribution is 0.0536. The zero-order valence-electron chi connectivity index (χ0n) is 14.3. The van der Waals surface area contributed by atoms with Gasteiger partial charge in [0.2, 0.25) is 0 Å². The van der Waals surface area contributed by atoms with Crippen molar-refractivity contribution in [3.8, 4) is 5.75 Å². The predicted octanol–water partition coefficient (Wildman–Crippen LogP) is 3.57. The van der Waals surface area contributed by atoms with E-state index in [1.165, 1.54) is 11.3 Å². The Morgan fingerprint density at radius 1 is 0.962 bits per heavy atom. The highest BCUT2D eigenvalue weighted by atomic mass is 32.1. The minimum atomic E-state index is -0.0498. The van der Waals surface area contributed by atoms with Crippen molar-refractivity contribution in [2.45, 2.75) is 0 Å². The Bertz CT molecular complexity index is 926. The smallest absolute Gasteiger partial charge is 0.264 e. The van der Waals surface area contributed by atoms with E-state index in [1.807, 2.05) is 34.5 Å². The lowest BCUT2D eigenvalue weighted by atomic mass is 10.1. The highest BCUT2D eigenvalue weighted by Gasteiger charge is 2.27. The van der Waals surface area contributed by atoms with Gasteiger partial charge >= 0.3 is 0 Å². The molecule has 2 aromatic heterocycles. The second kappa shape index (κ2) is 7.09. The van der Waals surface area contributed by atoms with Gasteiger partial charge in [0.25, 0.3) is 11.8 Å². The molecule has 1 aliphatic heterocycles. The SMILES string of the molecule is COc1ccccc1C(=O)N1CCN(C(=O)c2cc3sccc3s2)CC1. The van der Waals surface area contributed by atoms with Gasteiger partial charge in [-0.3, -0.25) is 9.59 Å². The fourth-order valence-electron chi connectivity index (χ4n) is 3.13. The molecule has 3 aromatic rings. The number of piperazine rings is 1. The number of methoxy groups -OCH3 is 1. The number of carbonyl (C=O) groups excluding carboxylic acids is 2. The summed E-state index contributed by atoms with van der Waals surface area (Å²) < 4.78 is 7.60. The van der Waals surface area contributed by atoms with Crippen LogP contribution in [-0.2, 0) is 0 Å². The Morgan fingerprint density at radius 2 is 1.65 bits per heavy atom. The molecule has 0 spiro atoms. The molecule has 7 heteroatoms. The van der Waals surface area contributed by atoms with Gasteiger partial charge < -0.3 is 14.5 Å². The first-order valence-corrected chi connectivity index (χ1v) is 10.1. The van der Waals surface area contributed by atoms with Crippen molar-refractivity contribution in [3.63, 3.8) is 0 Å². The van der Waals surface area contributed by atoms with Crippen molar-refractivity contribution in [1.29, 1.82) is 0 Å². The van der Waals surface area contributed by atoms with Gasteiger partial charge in [-0.25, -0.2) is 0 Å². The Morgan fingerprint density at radius 3 is 2.35 bits per heavy atom. The molecule has 0 bridgehead atoms. The summed E-state index contributed by atoms with van der Waals surface area (Å²) in [5, 5.41) is 2.04. The molecule has 5 nitrogen and oxygen atoms in total. The van der Waals surface area contributed by atoms with Crippen LogP contribution in [0.5, 0.6) is 5.75 Å². The summed E-state index contributed by atoms with van der Waals surface area (Å²) in [6.07, 6.45) is 0. The van der Waals surface area contributed by atoms with E-state index < -0.39 is 0 Å². The standard InChI is InChI=1S/C19H18N2O3S2/c1-24-14-5-3-2-4-13(14)18(22)20-7-9-21(10-8-20)19(23)17-12-16-15(26-17)6-11-25-16/h2-6,11-12H,7-10H2,1H3. The molecule has 0 radical (unpaired) electrons. The number of rotatable bonds is 3. The van der Waals surface area contributed by atoms with Crippen LogP contribution in [0.2, 0.25) is 0 Å².